The van der Waals surface area contributed by atoms with Gasteiger partial charge in [0.25, 0.3) is 20.0 Å². The van der Waals surface area contributed by atoms with Crippen LogP contribution in [0.5, 0.6) is 5.88 Å². The van der Waals surface area contributed by atoms with E-state index in [1.807, 2.05) is 0 Å². The first-order valence-electron chi connectivity index (χ1n) is 8.05. The first kappa shape index (κ1) is 22.5. The number of urea groups is 1. The van der Waals surface area contributed by atoms with Gasteiger partial charge in [-0.1, -0.05) is 17.0 Å². The van der Waals surface area contributed by atoms with Crippen molar-refractivity contribution in [2.45, 2.75) is 23.6 Å². The van der Waals surface area contributed by atoms with Crippen LogP contribution in [-0.4, -0.2) is 46.6 Å². The van der Waals surface area contributed by atoms with Crippen LogP contribution >= 0.6 is 0 Å². The van der Waals surface area contributed by atoms with Crippen LogP contribution < -0.4 is 19.7 Å². The smallest absolute Gasteiger partial charge is 0.335 e. The molecule has 3 N–H and O–H groups in total. The van der Waals surface area contributed by atoms with Gasteiger partial charge in [-0.05, 0) is 26.0 Å². The van der Waals surface area contributed by atoms with E-state index >= 15 is 0 Å². The minimum absolute atomic E-state index is 0.0226. The predicted molar refractivity (Wildman–Crippen MR) is 101 cm³/mol. The van der Waals surface area contributed by atoms with E-state index in [1.54, 1.807) is 23.5 Å². The Bertz CT molecular complexity index is 1100. The van der Waals surface area contributed by atoms with Crippen LogP contribution in [0.3, 0.4) is 0 Å². The fourth-order valence-electron chi connectivity index (χ4n) is 2.08. The van der Waals surface area contributed by atoms with Gasteiger partial charge in [0, 0.05) is 11.8 Å². The third-order valence-corrected chi connectivity index (χ3v) is 6.02. The van der Waals surface area contributed by atoms with Gasteiger partial charge in [0.15, 0.2) is 0 Å². The van der Waals surface area contributed by atoms with Gasteiger partial charge in [-0.25, -0.2) is 31.3 Å². The van der Waals surface area contributed by atoms with Crippen LogP contribution in [0.25, 0.3) is 0 Å². The van der Waals surface area contributed by atoms with Crippen LogP contribution in [-0.2, 0) is 24.9 Å². The summed E-state index contributed by atoms with van der Waals surface area (Å²) in [5.41, 5.74) is 0.466. The number of sulfonamides is 2. The lowest BCUT2D eigenvalue weighted by atomic mass is 10.4. The van der Waals surface area contributed by atoms with Gasteiger partial charge in [0.1, 0.15) is 9.79 Å². The van der Waals surface area contributed by atoms with Crippen molar-refractivity contribution in [2.24, 2.45) is 0 Å². The fourth-order valence-corrected chi connectivity index (χ4v) is 4.69. The molecule has 2 amide bonds. The summed E-state index contributed by atoms with van der Waals surface area (Å²) in [6.45, 7) is 3.19. The van der Waals surface area contributed by atoms with Crippen molar-refractivity contribution in [3.05, 3.63) is 36.0 Å². The summed E-state index contributed by atoms with van der Waals surface area (Å²) in [6.07, 6.45) is 0. The van der Waals surface area contributed by atoms with E-state index in [2.05, 4.69) is 20.1 Å². The lowest BCUT2D eigenvalue weighted by Gasteiger charge is -2.13. The Labute approximate surface area is 167 Å². The summed E-state index contributed by atoms with van der Waals surface area (Å²) < 4.78 is 56.4. The van der Waals surface area contributed by atoms with E-state index in [1.165, 1.54) is 25.3 Å². The molecule has 1 aromatic carbocycles. The number of anilines is 1. The number of amides is 2. The maximum absolute atomic E-state index is 12.6. The highest BCUT2D eigenvalue weighted by Crippen LogP contribution is 2.20. The number of aromatic nitrogens is 2. The van der Waals surface area contributed by atoms with Crippen LogP contribution in [0, 0.1) is 6.92 Å². The van der Waals surface area contributed by atoms with Crippen LogP contribution in [0.15, 0.2) is 40.1 Å². The third-order valence-electron chi connectivity index (χ3n) is 3.23. The zero-order chi connectivity index (χ0) is 21.7. The Balaban J connectivity index is 2.28. The Morgan fingerprint density at radius 1 is 1.07 bits per heavy atom. The van der Waals surface area contributed by atoms with E-state index in [-0.39, 0.29) is 18.4 Å². The molecule has 0 atom stereocenters. The molecule has 0 saturated carbocycles. The van der Waals surface area contributed by atoms with Crippen molar-refractivity contribution >= 4 is 32.0 Å². The molecule has 0 bridgehead atoms. The Morgan fingerprint density at radius 2 is 1.69 bits per heavy atom. The van der Waals surface area contributed by atoms with Crippen LogP contribution in [0.2, 0.25) is 0 Å². The Kier molecular flexibility index (Phi) is 7.07. The summed E-state index contributed by atoms with van der Waals surface area (Å²) in [4.78, 5) is 25.1. The number of rotatable bonds is 8. The number of carbonyl (C=O) groups excluding carboxylic acids is 1. The number of hydrogen-bond donors (Lipinski definition) is 3. The molecule has 2 rings (SSSR count). The molecule has 29 heavy (non-hydrogen) atoms. The number of nitrogens with zero attached hydrogens (tertiary/aromatic N) is 2. The van der Waals surface area contributed by atoms with Crippen LogP contribution in [0.1, 0.15) is 12.6 Å². The first-order chi connectivity index (χ1) is 13.6. The molecule has 0 aliphatic heterocycles. The SMILES string of the molecule is CCONS(=O)(=O)c1ccccc1S(=O)(=O)NC(=O)Nc1nc(C)cc(OC)n1. The Hall–Kier alpha value is -2.81. The quantitative estimate of drug-likeness (QED) is 0.491. The van der Waals surface area contributed by atoms with Gasteiger partial charge < -0.3 is 4.74 Å². The minimum Gasteiger partial charge on any atom is -0.481 e. The molecule has 12 nitrogen and oxygen atoms in total. The van der Waals surface area contributed by atoms with Gasteiger partial charge in [0.2, 0.25) is 11.8 Å². The lowest BCUT2D eigenvalue weighted by Crippen LogP contribution is -2.36. The molecule has 0 radical (unpaired) electrons. The highest BCUT2D eigenvalue weighted by atomic mass is 32.2. The average Bonchev–Trinajstić information content (AvgIpc) is 2.65. The summed E-state index contributed by atoms with van der Waals surface area (Å²) in [5, 5.41) is 2.15. The second-order valence-corrected chi connectivity index (χ2v) is 8.67. The van der Waals surface area contributed by atoms with Gasteiger partial charge >= 0.3 is 6.03 Å². The average molecular weight is 445 g/mol. The molecule has 0 unspecified atom stereocenters. The summed E-state index contributed by atoms with van der Waals surface area (Å²) >= 11 is 0. The molecule has 158 valence electrons. The maximum Gasteiger partial charge on any atom is 0.335 e. The fraction of sp³-hybridized carbons (Fsp3) is 0.267. The molecule has 0 aliphatic rings. The molecule has 1 heterocycles. The van der Waals surface area contributed by atoms with Crippen LogP contribution in [0.4, 0.5) is 10.7 Å². The van der Waals surface area contributed by atoms with E-state index in [9.17, 15) is 21.6 Å². The predicted octanol–water partition coefficient (Wildman–Crippen LogP) is 0.534. The van der Waals surface area contributed by atoms with Crippen molar-refractivity contribution < 1.29 is 31.2 Å². The molecular weight excluding hydrogens is 426 g/mol. The standard InChI is InChI=1S/C15H19N5O7S2/c1-4-27-20-29(24,25)12-8-6-5-7-11(12)28(22,23)19-15(21)18-14-16-10(2)9-13(17-14)26-3/h5-9,20H,4H2,1-3H3,(H2,16,17,18,19,21). The minimum atomic E-state index is -4.57. The number of aryl methyl sites for hydroxylation is 1. The highest BCUT2D eigenvalue weighted by molar-refractivity contribution is 7.92. The van der Waals surface area contributed by atoms with E-state index in [4.69, 9.17) is 4.74 Å². The number of ether oxygens (including phenoxy) is 1. The number of carbonyl (C=O) groups is 1. The number of benzene rings is 1. The number of nitrogens with one attached hydrogen (secondary N) is 3. The van der Waals surface area contributed by atoms with E-state index in [0.29, 0.717) is 5.69 Å². The first-order valence-corrected chi connectivity index (χ1v) is 11.0. The number of methoxy groups -OCH3 is 1. The van der Waals surface area contributed by atoms with Gasteiger partial charge in [-0.15, -0.1) is 0 Å². The van der Waals surface area contributed by atoms with Gasteiger partial charge in [0.05, 0.1) is 13.7 Å². The lowest BCUT2D eigenvalue weighted by molar-refractivity contribution is 0.105. The zero-order valence-corrected chi connectivity index (χ0v) is 17.3. The van der Waals surface area contributed by atoms with Crippen molar-refractivity contribution in [3.63, 3.8) is 0 Å². The molecule has 2 aromatic rings. The van der Waals surface area contributed by atoms with Crippen molar-refractivity contribution in [1.29, 1.82) is 0 Å². The molecular formula is C15H19N5O7S2. The maximum atomic E-state index is 12.6. The summed E-state index contributed by atoms with van der Waals surface area (Å²) in [5.74, 6) is -0.0393. The summed E-state index contributed by atoms with van der Waals surface area (Å²) in [6, 6.07) is 5.03. The summed E-state index contributed by atoms with van der Waals surface area (Å²) in [7, 11) is -7.51. The largest absolute Gasteiger partial charge is 0.481 e. The van der Waals surface area contributed by atoms with Crippen molar-refractivity contribution in [1.82, 2.24) is 19.6 Å². The van der Waals surface area contributed by atoms with Crippen molar-refractivity contribution in [2.75, 3.05) is 19.0 Å². The molecule has 0 spiro atoms. The zero-order valence-electron chi connectivity index (χ0n) is 15.7. The molecule has 0 saturated heterocycles. The Morgan fingerprint density at radius 3 is 2.28 bits per heavy atom. The van der Waals surface area contributed by atoms with Gasteiger partial charge in [-0.2, -0.15) is 4.98 Å². The van der Waals surface area contributed by atoms with E-state index in [0.717, 1.165) is 12.1 Å². The number of hydrogen-bond acceptors (Lipinski definition) is 9. The third kappa shape index (κ3) is 5.83. The van der Waals surface area contributed by atoms with Gasteiger partial charge in [-0.3, -0.25) is 10.2 Å². The van der Waals surface area contributed by atoms with E-state index < -0.39 is 35.9 Å². The second-order valence-electron chi connectivity index (χ2n) is 5.40. The monoisotopic (exact) mass is 445 g/mol. The normalized spacial score (nSPS) is 11.7. The molecule has 1 aromatic heterocycles. The molecule has 14 heteroatoms. The molecule has 0 aliphatic carbocycles. The molecule has 0 fully saturated rings. The topological polar surface area (TPSA) is 166 Å². The van der Waals surface area contributed by atoms with Crippen molar-refractivity contribution in [3.8, 4) is 5.88 Å². The highest BCUT2D eigenvalue weighted by Gasteiger charge is 2.28. The second kappa shape index (κ2) is 9.13.